The number of halogens is 1. The molecule has 1 aliphatic heterocycles. The Labute approximate surface area is 190 Å². The molecule has 162 valence electrons. The van der Waals surface area contributed by atoms with Gasteiger partial charge in [-0.15, -0.1) is 24.0 Å². The number of guanidine groups is 1. The van der Waals surface area contributed by atoms with Crippen molar-refractivity contribution in [1.29, 1.82) is 0 Å². The summed E-state index contributed by atoms with van der Waals surface area (Å²) in [4.78, 5) is 13.7. The Balaban J connectivity index is 0.00000392. The topological polar surface area (TPSA) is 86.1 Å². The maximum atomic E-state index is 10.1. The number of piperazine rings is 1. The summed E-state index contributed by atoms with van der Waals surface area (Å²) in [5.74, 6) is 2.24. The third kappa shape index (κ3) is 8.34. The lowest BCUT2D eigenvalue weighted by Crippen LogP contribution is -2.52. The first-order valence-electron chi connectivity index (χ1n) is 9.90. The van der Waals surface area contributed by atoms with Gasteiger partial charge in [0.1, 0.15) is 5.82 Å². The molecule has 0 bridgehead atoms. The van der Waals surface area contributed by atoms with Crippen LogP contribution in [0.1, 0.15) is 33.5 Å². The second-order valence-corrected chi connectivity index (χ2v) is 7.83. The number of hydrogen-bond acceptors (Lipinski definition) is 7. The summed E-state index contributed by atoms with van der Waals surface area (Å²) in [5, 5.41) is 14.4. The molecule has 1 atom stereocenters. The van der Waals surface area contributed by atoms with E-state index < -0.39 is 6.10 Å². The first-order valence-corrected chi connectivity index (χ1v) is 10.7. The van der Waals surface area contributed by atoms with E-state index in [2.05, 4.69) is 57.2 Å². The number of rotatable bonds is 9. The molecule has 0 radical (unpaired) electrons. The molecule has 0 aliphatic carbocycles. The highest BCUT2D eigenvalue weighted by Crippen LogP contribution is 2.19. The van der Waals surface area contributed by atoms with E-state index in [0.29, 0.717) is 25.7 Å². The van der Waals surface area contributed by atoms with E-state index in [1.165, 1.54) is 11.5 Å². The molecule has 1 fully saturated rings. The van der Waals surface area contributed by atoms with Crippen LogP contribution in [-0.4, -0.2) is 83.9 Å². The number of hydrogen-bond donors (Lipinski definition) is 2. The van der Waals surface area contributed by atoms with Crippen molar-refractivity contribution in [2.24, 2.45) is 10.9 Å². The molecule has 0 amide bonds. The number of aliphatic hydroxyl groups excluding tert-OH is 1. The van der Waals surface area contributed by atoms with E-state index in [4.69, 9.17) is 4.74 Å². The Kier molecular flexibility index (Phi) is 12.2. The van der Waals surface area contributed by atoms with Crippen molar-refractivity contribution in [3.63, 3.8) is 0 Å². The van der Waals surface area contributed by atoms with Crippen LogP contribution in [0, 0.1) is 5.92 Å². The Hall–Kier alpha value is -0.720. The maximum absolute atomic E-state index is 10.1. The largest absolute Gasteiger partial charge is 0.389 e. The quantitative estimate of drug-likeness (QED) is 0.289. The summed E-state index contributed by atoms with van der Waals surface area (Å²) < 4.78 is 9.87. The Bertz CT molecular complexity index is 578. The molecule has 1 aromatic heterocycles. The maximum Gasteiger partial charge on any atom is 0.205 e. The van der Waals surface area contributed by atoms with Crippen LogP contribution >= 0.6 is 35.5 Å². The Morgan fingerprint density at radius 1 is 1.25 bits per heavy atom. The van der Waals surface area contributed by atoms with Gasteiger partial charge in [-0.25, -0.2) is 4.98 Å². The minimum absolute atomic E-state index is 0. The fourth-order valence-corrected chi connectivity index (χ4v) is 3.54. The van der Waals surface area contributed by atoms with Gasteiger partial charge in [-0.3, -0.25) is 4.99 Å². The van der Waals surface area contributed by atoms with E-state index in [1.54, 1.807) is 0 Å². The molecule has 1 aliphatic rings. The van der Waals surface area contributed by atoms with Crippen LogP contribution in [0.5, 0.6) is 0 Å². The lowest BCUT2D eigenvalue weighted by Gasteiger charge is -2.36. The van der Waals surface area contributed by atoms with E-state index in [1.807, 2.05) is 0 Å². The van der Waals surface area contributed by atoms with Crippen molar-refractivity contribution >= 4 is 46.6 Å². The minimum Gasteiger partial charge on any atom is -0.389 e. The van der Waals surface area contributed by atoms with Gasteiger partial charge in [0.15, 0.2) is 5.96 Å². The van der Waals surface area contributed by atoms with Gasteiger partial charge in [0.2, 0.25) is 5.13 Å². The summed E-state index contributed by atoms with van der Waals surface area (Å²) in [5.41, 5.74) is 0. The second-order valence-electron chi connectivity index (χ2n) is 7.10. The normalized spacial score (nSPS) is 16.3. The molecule has 2 rings (SSSR count). The molecule has 0 spiro atoms. The third-order valence-corrected chi connectivity index (χ3v) is 4.99. The second kappa shape index (κ2) is 13.5. The molecule has 0 aromatic carbocycles. The first kappa shape index (κ1) is 25.3. The molecule has 1 aromatic rings. The van der Waals surface area contributed by atoms with Crippen LogP contribution in [0.15, 0.2) is 4.99 Å². The Morgan fingerprint density at radius 2 is 1.96 bits per heavy atom. The van der Waals surface area contributed by atoms with E-state index in [0.717, 1.165) is 56.1 Å². The zero-order chi connectivity index (χ0) is 19.6. The average Bonchev–Trinajstić information content (AvgIpc) is 3.14. The summed E-state index contributed by atoms with van der Waals surface area (Å²) >= 11 is 1.48. The third-order valence-electron chi connectivity index (χ3n) is 4.17. The molecule has 28 heavy (non-hydrogen) atoms. The van der Waals surface area contributed by atoms with Crippen molar-refractivity contribution in [1.82, 2.24) is 19.6 Å². The average molecular weight is 526 g/mol. The smallest absolute Gasteiger partial charge is 0.205 e. The van der Waals surface area contributed by atoms with Crippen LogP contribution in [0.3, 0.4) is 0 Å². The van der Waals surface area contributed by atoms with E-state index >= 15 is 0 Å². The molecule has 2 heterocycles. The van der Waals surface area contributed by atoms with Gasteiger partial charge in [-0.2, -0.15) is 4.37 Å². The molecule has 2 N–H and O–H groups in total. The highest BCUT2D eigenvalue weighted by molar-refractivity contribution is 14.0. The number of ether oxygens (including phenoxy) is 1. The van der Waals surface area contributed by atoms with Gasteiger partial charge in [0.25, 0.3) is 0 Å². The SMILES string of the molecule is CCNC(=NCC(O)COCC(C)C)N1CCN(c2nc(CC)ns2)CC1.I. The standard InChI is InChI=1S/C18H34N6O2S.HI/c1-5-16-21-18(27-22-16)24-9-7-23(8-10-24)17(19-6-2)20-11-15(25)13-26-12-14(3)4;/h14-15,25H,5-13H2,1-4H3,(H,19,20);1H. The molecule has 0 saturated carbocycles. The van der Waals surface area contributed by atoms with Crippen molar-refractivity contribution in [3.05, 3.63) is 5.82 Å². The molecule has 1 saturated heterocycles. The van der Waals surface area contributed by atoms with Gasteiger partial charge in [0, 0.05) is 57.3 Å². The van der Waals surface area contributed by atoms with Crippen molar-refractivity contribution in [3.8, 4) is 0 Å². The van der Waals surface area contributed by atoms with Crippen LogP contribution in [0.4, 0.5) is 5.13 Å². The predicted octanol–water partition coefficient (Wildman–Crippen LogP) is 1.84. The van der Waals surface area contributed by atoms with Gasteiger partial charge in [0.05, 0.1) is 19.3 Å². The predicted molar refractivity (Wildman–Crippen MR) is 126 cm³/mol. The molecular formula is C18H35IN6O2S. The van der Waals surface area contributed by atoms with Crippen molar-refractivity contribution in [2.45, 2.75) is 40.2 Å². The van der Waals surface area contributed by atoms with Crippen LogP contribution in [-0.2, 0) is 11.2 Å². The number of anilines is 1. The monoisotopic (exact) mass is 526 g/mol. The number of aromatic nitrogens is 2. The first-order chi connectivity index (χ1) is 13.0. The molecule has 10 heteroatoms. The highest BCUT2D eigenvalue weighted by Gasteiger charge is 2.22. The molecule has 8 nitrogen and oxygen atoms in total. The summed E-state index contributed by atoms with van der Waals surface area (Å²) in [6.45, 7) is 14.0. The lowest BCUT2D eigenvalue weighted by atomic mass is 10.2. The van der Waals surface area contributed by atoms with Crippen molar-refractivity contribution in [2.75, 3.05) is 57.4 Å². The van der Waals surface area contributed by atoms with Gasteiger partial charge in [-0.1, -0.05) is 20.8 Å². The van der Waals surface area contributed by atoms with Crippen LogP contribution in [0.25, 0.3) is 0 Å². The number of aliphatic imine (C=N–C) groups is 1. The zero-order valence-electron chi connectivity index (χ0n) is 17.4. The number of nitrogens with zero attached hydrogens (tertiary/aromatic N) is 5. The minimum atomic E-state index is -0.576. The van der Waals surface area contributed by atoms with E-state index in [-0.39, 0.29) is 24.0 Å². The van der Waals surface area contributed by atoms with E-state index in [9.17, 15) is 5.11 Å². The van der Waals surface area contributed by atoms with Gasteiger partial charge in [-0.05, 0) is 12.8 Å². The summed E-state index contributed by atoms with van der Waals surface area (Å²) in [6.07, 6.45) is 0.296. The van der Waals surface area contributed by atoms with Crippen molar-refractivity contribution < 1.29 is 9.84 Å². The van der Waals surface area contributed by atoms with Gasteiger partial charge < -0.3 is 25.0 Å². The molecule has 1 unspecified atom stereocenters. The fraction of sp³-hybridized carbons (Fsp3) is 0.833. The van der Waals surface area contributed by atoms with Crippen LogP contribution < -0.4 is 10.2 Å². The summed E-state index contributed by atoms with van der Waals surface area (Å²) in [6, 6.07) is 0. The lowest BCUT2D eigenvalue weighted by molar-refractivity contribution is 0.0300. The fourth-order valence-electron chi connectivity index (χ4n) is 2.74. The zero-order valence-corrected chi connectivity index (χ0v) is 20.6. The Morgan fingerprint density at radius 3 is 2.54 bits per heavy atom. The number of aliphatic hydroxyl groups is 1. The number of nitrogens with one attached hydrogen (secondary N) is 1. The molecular weight excluding hydrogens is 491 g/mol. The number of aryl methyl sites for hydroxylation is 1. The highest BCUT2D eigenvalue weighted by atomic mass is 127. The summed E-state index contributed by atoms with van der Waals surface area (Å²) in [7, 11) is 0. The van der Waals surface area contributed by atoms with Crippen LogP contribution in [0.2, 0.25) is 0 Å². The van der Waals surface area contributed by atoms with Gasteiger partial charge >= 0.3 is 0 Å².